The molecule has 0 saturated carbocycles. The van der Waals surface area contributed by atoms with Crippen molar-refractivity contribution in [1.29, 1.82) is 0 Å². The molecule has 3 rings (SSSR count). The molecule has 0 aromatic heterocycles. The fraction of sp³-hybridized carbons (Fsp3) is 0.0909. The molecule has 3 aromatic rings. The van der Waals surface area contributed by atoms with Crippen molar-refractivity contribution in [2.45, 2.75) is 0 Å². The second kappa shape index (κ2) is 9.77. The van der Waals surface area contributed by atoms with Crippen molar-refractivity contribution >= 4 is 55.0 Å². The van der Waals surface area contributed by atoms with Crippen LogP contribution >= 0.6 is 31.9 Å². The number of amides is 2. The summed E-state index contributed by atoms with van der Waals surface area (Å²) in [6.45, 7) is 0. The number of hydrogen-bond acceptors (Lipinski definition) is 4. The maximum atomic E-state index is 12.6. The van der Waals surface area contributed by atoms with E-state index in [4.69, 9.17) is 9.47 Å². The fourth-order valence-corrected chi connectivity index (χ4v) is 3.47. The zero-order valence-electron chi connectivity index (χ0n) is 16.2. The smallest absolute Gasteiger partial charge is 0.259 e. The molecule has 0 saturated heterocycles. The average molecular weight is 534 g/mol. The van der Waals surface area contributed by atoms with Gasteiger partial charge in [-0.25, -0.2) is 0 Å². The summed E-state index contributed by atoms with van der Waals surface area (Å²) in [7, 11) is 3.02. The first-order valence-electron chi connectivity index (χ1n) is 8.81. The largest absolute Gasteiger partial charge is 0.496 e. The van der Waals surface area contributed by atoms with Crippen molar-refractivity contribution < 1.29 is 19.1 Å². The van der Waals surface area contributed by atoms with E-state index in [-0.39, 0.29) is 11.8 Å². The van der Waals surface area contributed by atoms with E-state index >= 15 is 0 Å². The summed E-state index contributed by atoms with van der Waals surface area (Å²) in [5.74, 6) is 0.345. The minimum Gasteiger partial charge on any atom is -0.496 e. The molecule has 2 N–H and O–H groups in total. The molecular weight excluding hydrogens is 516 g/mol. The van der Waals surface area contributed by atoms with Crippen LogP contribution in [0.5, 0.6) is 11.5 Å². The van der Waals surface area contributed by atoms with Crippen LogP contribution in [0.15, 0.2) is 69.6 Å². The van der Waals surface area contributed by atoms with Crippen molar-refractivity contribution in [3.63, 3.8) is 0 Å². The van der Waals surface area contributed by atoms with Crippen molar-refractivity contribution in [3.05, 3.63) is 80.7 Å². The highest BCUT2D eigenvalue weighted by atomic mass is 79.9. The van der Waals surface area contributed by atoms with Gasteiger partial charge in [-0.2, -0.15) is 0 Å². The maximum absolute atomic E-state index is 12.6. The number of halogens is 2. The van der Waals surface area contributed by atoms with Crippen LogP contribution < -0.4 is 20.1 Å². The molecule has 6 nitrogen and oxygen atoms in total. The number of benzene rings is 3. The molecule has 0 aliphatic heterocycles. The number of hydrogen-bond donors (Lipinski definition) is 2. The van der Waals surface area contributed by atoms with Crippen molar-refractivity contribution in [3.8, 4) is 11.5 Å². The summed E-state index contributed by atoms with van der Waals surface area (Å²) in [4.78, 5) is 25.2. The van der Waals surface area contributed by atoms with Crippen LogP contribution in [-0.2, 0) is 0 Å². The van der Waals surface area contributed by atoms with Crippen molar-refractivity contribution in [1.82, 2.24) is 0 Å². The summed E-state index contributed by atoms with van der Waals surface area (Å²) in [5, 5.41) is 5.64. The Labute approximate surface area is 190 Å². The van der Waals surface area contributed by atoms with Gasteiger partial charge in [-0.05, 0) is 60.7 Å². The molecule has 0 radical (unpaired) electrons. The first-order valence-corrected chi connectivity index (χ1v) is 10.4. The minimum absolute atomic E-state index is 0.302. The van der Waals surface area contributed by atoms with E-state index in [1.54, 1.807) is 60.7 Å². The van der Waals surface area contributed by atoms with Crippen LogP contribution in [0, 0.1) is 0 Å². The van der Waals surface area contributed by atoms with Gasteiger partial charge < -0.3 is 20.1 Å². The van der Waals surface area contributed by atoms with Gasteiger partial charge in [0.2, 0.25) is 0 Å². The van der Waals surface area contributed by atoms with Crippen molar-refractivity contribution in [2.75, 3.05) is 24.9 Å². The Morgan fingerprint density at radius 1 is 0.667 bits per heavy atom. The van der Waals surface area contributed by atoms with E-state index < -0.39 is 0 Å². The highest BCUT2D eigenvalue weighted by Crippen LogP contribution is 2.26. The van der Waals surface area contributed by atoms with Crippen molar-refractivity contribution in [2.24, 2.45) is 0 Å². The average Bonchev–Trinajstić information content (AvgIpc) is 2.75. The van der Waals surface area contributed by atoms with Gasteiger partial charge in [-0.1, -0.05) is 31.9 Å². The van der Waals surface area contributed by atoms with Gasteiger partial charge in [0.1, 0.15) is 11.5 Å². The van der Waals surface area contributed by atoms with E-state index in [0.29, 0.717) is 34.0 Å². The van der Waals surface area contributed by atoms with Gasteiger partial charge in [-0.15, -0.1) is 0 Å². The Bertz CT molecular complexity index is 998. The van der Waals surface area contributed by atoms with Crippen LogP contribution in [-0.4, -0.2) is 26.0 Å². The molecule has 30 heavy (non-hydrogen) atoms. The van der Waals surface area contributed by atoms with E-state index in [9.17, 15) is 9.59 Å². The van der Waals surface area contributed by atoms with Gasteiger partial charge in [0.25, 0.3) is 11.8 Å². The van der Waals surface area contributed by atoms with Gasteiger partial charge in [-0.3, -0.25) is 9.59 Å². The number of anilines is 2. The van der Waals surface area contributed by atoms with Gasteiger partial charge in [0.05, 0.1) is 25.3 Å². The molecule has 0 atom stereocenters. The zero-order chi connectivity index (χ0) is 21.7. The summed E-state index contributed by atoms with van der Waals surface area (Å²) < 4.78 is 12.0. The fourth-order valence-electron chi connectivity index (χ4n) is 2.75. The summed E-state index contributed by atoms with van der Waals surface area (Å²) in [6, 6.07) is 17.2. The molecule has 0 aliphatic carbocycles. The molecule has 0 unspecified atom stereocenters. The number of carbonyl (C=O) groups excluding carboxylic acids is 2. The predicted octanol–water partition coefficient (Wildman–Crippen LogP) is 5.73. The molecule has 0 heterocycles. The number of methoxy groups -OCH3 is 2. The Morgan fingerprint density at radius 2 is 1.03 bits per heavy atom. The number of rotatable bonds is 6. The van der Waals surface area contributed by atoms with Gasteiger partial charge >= 0.3 is 0 Å². The maximum Gasteiger partial charge on any atom is 0.259 e. The summed E-state index contributed by atoms with van der Waals surface area (Å²) in [5.41, 5.74) is 1.98. The normalized spacial score (nSPS) is 10.3. The molecule has 8 heteroatoms. The van der Waals surface area contributed by atoms with E-state index in [1.165, 1.54) is 14.2 Å². The highest BCUT2D eigenvalue weighted by Gasteiger charge is 2.15. The Kier molecular flexibility index (Phi) is 7.12. The third-order valence-electron chi connectivity index (χ3n) is 4.21. The number of nitrogens with one attached hydrogen (secondary N) is 2. The van der Waals surface area contributed by atoms with Gasteiger partial charge in [0.15, 0.2) is 0 Å². The van der Waals surface area contributed by atoms with E-state index in [1.807, 2.05) is 0 Å². The molecule has 154 valence electrons. The van der Waals surface area contributed by atoms with Crippen LogP contribution in [0.4, 0.5) is 11.4 Å². The van der Waals surface area contributed by atoms with Crippen LogP contribution in [0.25, 0.3) is 0 Å². The summed E-state index contributed by atoms with van der Waals surface area (Å²) in [6.07, 6.45) is 0. The highest BCUT2D eigenvalue weighted by molar-refractivity contribution is 9.10. The number of carbonyl (C=O) groups is 2. The second-order valence-electron chi connectivity index (χ2n) is 6.17. The lowest BCUT2D eigenvalue weighted by Gasteiger charge is -2.12. The van der Waals surface area contributed by atoms with Gasteiger partial charge in [0, 0.05) is 20.3 Å². The standard InChI is InChI=1S/C22H18Br2N2O4/c1-29-19-9-3-13(23)11-17(19)21(27)25-15-5-7-16(8-6-15)26-22(28)18-12-14(24)4-10-20(18)30-2/h3-12H,1-2H3,(H,25,27)(H,26,28). The van der Waals surface area contributed by atoms with E-state index in [0.717, 1.165) is 8.95 Å². The molecule has 0 bridgehead atoms. The SMILES string of the molecule is COc1ccc(Br)cc1C(=O)Nc1ccc(NC(=O)c2cc(Br)ccc2OC)cc1. The molecule has 0 aliphatic rings. The predicted molar refractivity (Wildman–Crippen MR) is 124 cm³/mol. The third kappa shape index (κ3) is 5.20. The monoisotopic (exact) mass is 532 g/mol. The molecule has 2 amide bonds. The van der Waals surface area contributed by atoms with E-state index in [2.05, 4.69) is 42.5 Å². The molecule has 3 aromatic carbocycles. The molecule has 0 spiro atoms. The Morgan fingerprint density at radius 3 is 1.37 bits per heavy atom. The lowest BCUT2D eigenvalue weighted by molar-refractivity contribution is 0.101. The Hall–Kier alpha value is -2.84. The molecular formula is C22H18Br2N2O4. The minimum atomic E-state index is -0.302. The topological polar surface area (TPSA) is 76.7 Å². The first-order chi connectivity index (χ1) is 14.4. The lowest BCUT2D eigenvalue weighted by Crippen LogP contribution is -2.14. The van der Waals surface area contributed by atoms with Crippen LogP contribution in [0.3, 0.4) is 0 Å². The number of ether oxygens (including phenoxy) is 2. The third-order valence-corrected chi connectivity index (χ3v) is 5.20. The Balaban J connectivity index is 1.71. The second-order valence-corrected chi connectivity index (χ2v) is 8.01. The molecule has 0 fully saturated rings. The quantitative estimate of drug-likeness (QED) is 0.424. The first kappa shape index (κ1) is 21.9. The summed E-state index contributed by atoms with van der Waals surface area (Å²) >= 11 is 6.72. The zero-order valence-corrected chi connectivity index (χ0v) is 19.3. The lowest BCUT2D eigenvalue weighted by atomic mass is 10.1. The van der Waals surface area contributed by atoms with Crippen LogP contribution in [0.1, 0.15) is 20.7 Å². The van der Waals surface area contributed by atoms with Crippen LogP contribution in [0.2, 0.25) is 0 Å².